The quantitative estimate of drug-likeness (QED) is 0.371. The van der Waals surface area contributed by atoms with Gasteiger partial charge in [0.1, 0.15) is 5.54 Å². The minimum absolute atomic E-state index is 0.0202. The summed E-state index contributed by atoms with van der Waals surface area (Å²) in [6.07, 6.45) is 4.82. The van der Waals surface area contributed by atoms with Crippen molar-refractivity contribution in [3.8, 4) is 6.07 Å². The number of hydrogen-bond donors (Lipinski definition) is 0. The van der Waals surface area contributed by atoms with Gasteiger partial charge in [-0.1, -0.05) is 18.2 Å². The van der Waals surface area contributed by atoms with Gasteiger partial charge in [0, 0.05) is 17.8 Å². The third-order valence-corrected chi connectivity index (χ3v) is 6.47. The Morgan fingerprint density at radius 1 is 1.20 bits per heavy atom. The van der Waals surface area contributed by atoms with Gasteiger partial charge < -0.3 is 4.90 Å². The number of amides is 1. The van der Waals surface area contributed by atoms with Gasteiger partial charge in [-0.25, -0.2) is 4.85 Å². The summed E-state index contributed by atoms with van der Waals surface area (Å²) in [7, 11) is 0. The summed E-state index contributed by atoms with van der Waals surface area (Å²) in [6, 6.07) is 15.8. The molecule has 1 spiro atoms. The van der Waals surface area contributed by atoms with E-state index < -0.39 is 5.54 Å². The molecular formula is C24H22N4OS. The molecule has 30 heavy (non-hydrogen) atoms. The van der Waals surface area contributed by atoms with E-state index in [0.29, 0.717) is 17.2 Å². The van der Waals surface area contributed by atoms with Crippen LogP contribution in [0.25, 0.3) is 4.85 Å². The van der Waals surface area contributed by atoms with Gasteiger partial charge in [0.15, 0.2) is 10.8 Å². The summed E-state index contributed by atoms with van der Waals surface area (Å²) in [4.78, 5) is 20.7. The molecule has 0 atom stereocenters. The average molecular weight is 415 g/mol. The maximum Gasteiger partial charge on any atom is 0.259 e. The average Bonchev–Trinajstić information content (AvgIpc) is 2.95. The fourth-order valence-corrected chi connectivity index (χ4v) is 4.76. The molecule has 2 aromatic carbocycles. The highest BCUT2D eigenvalue weighted by atomic mass is 32.1. The van der Waals surface area contributed by atoms with Crippen molar-refractivity contribution in [3.05, 3.63) is 65.0 Å². The number of aryl methyl sites for hydroxylation is 2. The molecule has 1 heterocycles. The number of nitrogens with zero attached hydrogens (tertiary/aromatic N) is 4. The molecule has 2 aliphatic rings. The summed E-state index contributed by atoms with van der Waals surface area (Å²) < 4.78 is 0. The molecule has 1 aliphatic heterocycles. The number of hydrogen-bond acceptors (Lipinski definition) is 3. The molecule has 1 saturated carbocycles. The van der Waals surface area contributed by atoms with Crippen LogP contribution in [0.1, 0.15) is 43.2 Å². The first-order valence-corrected chi connectivity index (χ1v) is 10.6. The molecule has 1 aliphatic carbocycles. The molecule has 150 valence electrons. The van der Waals surface area contributed by atoms with Gasteiger partial charge in [-0.15, -0.1) is 0 Å². The molecule has 5 nitrogen and oxygen atoms in total. The molecule has 0 aromatic heterocycles. The Labute approximate surface area is 182 Å². The maximum atomic E-state index is 13.5. The second-order valence-electron chi connectivity index (χ2n) is 7.90. The minimum Gasteiger partial charge on any atom is -0.303 e. The normalized spacial score (nSPS) is 17.0. The standard InChI is InChI=1S/C24H22N4OS/c1-17-16-20(11-12-21(17)26-2)27-22(29)24(13-5-14-24)28(23(27)30)19-9-7-18(8-10-19)6-3-4-15-25/h7-12,16H,3-6,13-14H2,1H3. The molecule has 0 N–H and O–H groups in total. The van der Waals surface area contributed by atoms with E-state index in [1.807, 2.05) is 30.0 Å². The number of rotatable bonds is 5. The fourth-order valence-electron chi connectivity index (χ4n) is 4.30. The van der Waals surface area contributed by atoms with Crippen LogP contribution in [-0.2, 0) is 11.2 Å². The third-order valence-electron chi connectivity index (χ3n) is 6.10. The van der Waals surface area contributed by atoms with E-state index in [1.165, 1.54) is 5.56 Å². The number of carbonyl (C=O) groups is 1. The van der Waals surface area contributed by atoms with E-state index in [9.17, 15) is 4.79 Å². The van der Waals surface area contributed by atoms with Gasteiger partial charge in [-0.3, -0.25) is 9.69 Å². The molecule has 2 fully saturated rings. The molecule has 1 saturated heterocycles. The Hall–Kier alpha value is -3.22. The van der Waals surface area contributed by atoms with Gasteiger partial charge in [-0.05, 0) is 86.6 Å². The van der Waals surface area contributed by atoms with Crippen molar-refractivity contribution >= 4 is 40.3 Å². The van der Waals surface area contributed by atoms with E-state index in [1.54, 1.807) is 17.0 Å². The lowest BCUT2D eigenvalue weighted by atomic mass is 9.75. The molecule has 4 rings (SSSR count). The van der Waals surface area contributed by atoms with E-state index in [0.717, 1.165) is 49.0 Å². The number of nitriles is 1. The summed E-state index contributed by atoms with van der Waals surface area (Å²) in [5, 5.41) is 9.21. The van der Waals surface area contributed by atoms with Crippen molar-refractivity contribution in [3.63, 3.8) is 0 Å². The zero-order valence-corrected chi connectivity index (χ0v) is 17.7. The second kappa shape index (κ2) is 7.89. The number of anilines is 2. The molecule has 2 aromatic rings. The van der Waals surface area contributed by atoms with Gasteiger partial charge in [0.25, 0.3) is 5.91 Å². The van der Waals surface area contributed by atoms with E-state index in [-0.39, 0.29) is 5.91 Å². The van der Waals surface area contributed by atoms with Crippen molar-refractivity contribution in [1.29, 1.82) is 5.26 Å². The largest absolute Gasteiger partial charge is 0.303 e. The topological polar surface area (TPSA) is 51.7 Å². The van der Waals surface area contributed by atoms with Crippen LogP contribution in [0.15, 0.2) is 42.5 Å². The Balaban J connectivity index is 1.66. The van der Waals surface area contributed by atoms with Crippen LogP contribution in [-0.4, -0.2) is 16.6 Å². The van der Waals surface area contributed by atoms with Crippen molar-refractivity contribution < 1.29 is 4.79 Å². The Kier molecular flexibility index (Phi) is 5.28. The minimum atomic E-state index is -0.605. The van der Waals surface area contributed by atoms with Crippen molar-refractivity contribution in [1.82, 2.24) is 0 Å². The molecule has 1 amide bonds. The first-order valence-electron chi connectivity index (χ1n) is 10.1. The van der Waals surface area contributed by atoms with Crippen LogP contribution >= 0.6 is 12.2 Å². The first kappa shape index (κ1) is 20.1. The fraction of sp³-hybridized carbons (Fsp3) is 0.333. The highest BCUT2D eigenvalue weighted by Gasteiger charge is 2.59. The predicted molar refractivity (Wildman–Crippen MR) is 122 cm³/mol. The van der Waals surface area contributed by atoms with Crippen molar-refractivity contribution in [2.24, 2.45) is 0 Å². The zero-order chi connectivity index (χ0) is 21.3. The van der Waals surface area contributed by atoms with E-state index in [4.69, 9.17) is 24.1 Å². The van der Waals surface area contributed by atoms with Crippen molar-refractivity contribution in [2.75, 3.05) is 9.80 Å². The maximum absolute atomic E-state index is 13.5. The summed E-state index contributed by atoms with van der Waals surface area (Å²) >= 11 is 5.81. The van der Waals surface area contributed by atoms with Crippen LogP contribution in [0.4, 0.5) is 17.1 Å². The summed E-state index contributed by atoms with van der Waals surface area (Å²) in [6.45, 7) is 9.13. The number of unbranched alkanes of at least 4 members (excludes halogenated alkanes) is 1. The van der Waals surface area contributed by atoms with Gasteiger partial charge in [0.2, 0.25) is 0 Å². The molecule has 0 unspecified atom stereocenters. The molecule has 6 heteroatoms. The van der Waals surface area contributed by atoms with Crippen molar-refractivity contribution in [2.45, 2.75) is 51.0 Å². The van der Waals surface area contributed by atoms with Crippen LogP contribution in [0, 0.1) is 24.8 Å². The van der Waals surface area contributed by atoms with E-state index >= 15 is 0 Å². The Morgan fingerprint density at radius 3 is 2.47 bits per heavy atom. The highest BCUT2D eigenvalue weighted by molar-refractivity contribution is 7.81. The van der Waals surface area contributed by atoms with Gasteiger partial charge in [0.05, 0.1) is 12.6 Å². The molecule has 0 bridgehead atoms. The molecular weight excluding hydrogens is 392 g/mol. The Bertz CT molecular complexity index is 1090. The Morgan fingerprint density at radius 2 is 1.90 bits per heavy atom. The van der Waals surface area contributed by atoms with Crippen LogP contribution in [0.2, 0.25) is 0 Å². The smallest absolute Gasteiger partial charge is 0.259 e. The lowest BCUT2D eigenvalue weighted by Crippen LogP contribution is -2.55. The monoisotopic (exact) mass is 414 g/mol. The second-order valence-corrected chi connectivity index (χ2v) is 8.27. The first-order chi connectivity index (χ1) is 14.5. The number of carbonyl (C=O) groups excluding carboxylic acids is 1. The molecule has 0 radical (unpaired) electrons. The zero-order valence-electron chi connectivity index (χ0n) is 16.9. The summed E-state index contributed by atoms with van der Waals surface area (Å²) in [5.74, 6) is 0.0202. The summed E-state index contributed by atoms with van der Waals surface area (Å²) in [5.41, 5.74) is 3.63. The van der Waals surface area contributed by atoms with Crippen LogP contribution in [0.3, 0.4) is 0 Å². The lowest BCUT2D eigenvalue weighted by Gasteiger charge is -2.43. The number of benzene rings is 2. The van der Waals surface area contributed by atoms with Crippen LogP contribution < -0.4 is 9.80 Å². The van der Waals surface area contributed by atoms with Crippen LogP contribution in [0.5, 0.6) is 0 Å². The van der Waals surface area contributed by atoms with Gasteiger partial charge >= 0.3 is 0 Å². The lowest BCUT2D eigenvalue weighted by molar-refractivity contribution is -0.123. The third kappa shape index (κ3) is 3.14. The highest BCUT2D eigenvalue weighted by Crippen LogP contribution is 2.48. The number of thiocarbonyl (C=S) groups is 1. The van der Waals surface area contributed by atoms with E-state index in [2.05, 4.69) is 23.0 Å². The predicted octanol–water partition coefficient (Wildman–Crippen LogP) is 5.45. The van der Waals surface area contributed by atoms with Gasteiger partial charge in [-0.2, -0.15) is 5.26 Å². The SMILES string of the molecule is [C-]#[N+]c1ccc(N2C(=O)C3(CCC3)N(c3ccc(CCCC#N)cc3)C2=S)cc1C.